The molecule has 160 valence electrons. The van der Waals surface area contributed by atoms with Crippen LogP contribution in [0.25, 0.3) is 22.2 Å². The molecule has 5 rings (SSSR count). The summed E-state index contributed by atoms with van der Waals surface area (Å²) in [6.45, 7) is 0.715. The zero-order valence-corrected chi connectivity index (χ0v) is 17.7. The zero-order chi connectivity index (χ0) is 21.9. The molecular formula is C27H24N2O3. The third kappa shape index (κ3) is 3.78. The molecule has 1 amide bonds. The number of likely N-dealkylation sites (tertiary alicyclic amines) is 1. The fraction of sp³-hybridized carbons (Fsp3) is 0.185. The highest BCUT2D eigenvalue weighted by Crippen LogP contribution is 2.34. The van der Waals surface area contributed by atoms with Crippen LogP contribution in [-0.2, 0) is 11.3 Å². The third-order valence-electron chi connectivity index (χ3n) is 6.01. The van der Waals surface area contributed by atoms with Gasteiger partial charge in [0.25, 0.3) is 0 Å². The van der Waals surface area contributed by atoms with E-state index in [1.165, 1.54) is 0 Å². The van der Waals surface area contributed by atoms with Gasteiger partial charge in [-0.25, -0.2) is 4.79 Å². The fourth-order valence-electron chi connectivity index (χ4n) is 4.45. The maximum Gasteiger partial charge on any atom is 0.410 e. The van der Waals surface area contributed by atoms with Crippen LogP contribution in [0.3, 0.4) is 0 Å². The van der Waals surface area contributed by atoms with Crippen LogP contribution in [0, 0.1) is 0 Å². The van der Waals surface area contributed by atoms with Gasteiger partial charge in [0.15, 0.2) is 5.78 Å². The highest BCUT2D eigenvalue weighted by Gasteiger charge is 2.37. The molecule has 1 fully saturated rings. The molecule has 1 aliphatic rings. The lowest BCUT2D eigenvalue weighted by Gasteiger charge is -2.23. The first kappa shape index (κ1) is 20.1. The van der Waals surface area contributed by atoms with Crippen LogP contribution in [0.4, 0.5) is 4.79 Å². The fourth-order valence-corrected chi connectivity index (χ4v) is 4.45. The number of amides is 1. The summed E-state index contributed by atoms with van der Waals surface area (Å²) in [5.41, 5.74) is 4.21. The van der Waals surface area contributed by atoms with Gasteiger partial charge in [-0.3, -0.25) is 9.69 Å². The number of carbonyl (C=O) groups excluding carboxylic acids is 2. The second-order valence-corrected chi connectivity index (χ2v) is 8.04. The van der Waals surface area contributed by atoms with E-state index in [1.54, 1.807) is 4.90 Å². The number of hydrogen-bond acceptors (Lipinski definition) is 3. The van der Waals surface area contributed by atoms with Crippen LogP contribution < -0.4 is 0 Å². The minimum absolute atomic E-state index is 0.0459. The van der Waals surface area contributed by atoms with E-state index in [2.05, 4.69) is 4.98 Å². The molecule has 3 aromatic carbocycles. The number of carbonyl (C=O) groups is 2. The second kappa shape index (κ2) is 8.71. The first-order valence-electron chi connectivity index (χ1n) is 10.9. The standard InChI is InChI=1S/C27H24N2O3/c30-26(23-16-9-17-29(23)27(31)32-18-19-10-3-1-4-11-19)24-21-14-7-8-15-22(21)28-25(24)20-12-5-2-6-13-20/h1-8,10-15,23,28H,9,16-18H2. The molecule has 0 spiro atoms. The Morgan fingerprint density at radius 2 is 1.59 bits per heavy atom. The van der Waals surface area contributed by atoms with Crippen molar-refractivity contribution in [3.8, 4) is 11.3 Å². The van der Waals surface area contributed by atoms with Gasteiger partial charge in [-0.05, 0) is 30.0 Å². The summed E-state index contributed by atoms with van der Waals surface area (Å²) in [5, 5.41) is 0.876. The van der Waals surface area contributed by atoms with Crippen LogP contribution in [0.1, 0.15) is 28.8 Å². The number of para-hydroxylation sites is 1. The van der Waals surface area contributed by atoms with Crippen molar-refractivity contribution in [1.82, 2.24) is 9.88 Å². The van der Waals surface area contributed by atoms with E-state index in [9.17, 15) is 9.59 Å². The number of aromatic amines is 1. The number of Topliss-reactive ketones (excluding diaryl/α,β-unsaturated/α-hetero) is 1. The summed E-state index contributed by atoms with van der Waals surface area (Å²) >= 11 is 0. The minimum Gasteiger partial charge on any atom is -0.445 e. The SMILES string of the molecule is O=C(c1c(-c2ccccc2)[nH]c2ccccc12)C1CCCN1C(=O)OCc1ccccc1. The van der Waals surface area contributed by atoms with Crippen LogP contribution in [0.5, 0.6) is 0 Å². The topological polar surface area (TPSA) is 62.4 Å². The van der Waals surface area contributed by atoms with E-state index >= 15 is 0 Å². The van der Waals surface area contributed by atoms with Gasteiger partial charge in [-0.1, -0.05) is 78.9 Å². The van der Waals surface area contributed by atoms with Crippen LogP contribution in [-0.4, -0.2) is 34.3 Å². The Balaban J connectivity index is 1.45. The lowest BCUT2D eigenvalue weighted by Crippen LogP contribution is -2.41. The monoisotopic (exact) mass is 424 g/mol. The molecule has 5 nitrogen and oxygen atoms in total. The van der Waals surface area contributed by atoms with Gasteiger partial charge < -0.3 is 9.72 Å². The zero-order valence-electron chi connectivity index (χ0n) is 17.7. The summed E-state index contributed by atoms with van der Waals surface area (Å²) < 4.78 is 5.54. The molecule has 4 aromatic rings. The van der Waals surface area contributed by atoms with E-state index < -0.39 is 12.1 Å². The number of benzene rings is 3. The number of fused-ring (bicyclic) bond motifs is 1. The van der Waals surface area contributed by atoms with Crippen molar-refractivity contribution in [3.63, 3.8) is 0 Å². The molecule has 1 N–H and O–H groups in total. The van der Waals surface area contributed by atoms with Crippen LogP contribution in [0.15, 0.2) is 84.9 Å². The average Bonchev–Trinajstić information content (AvgIpc) is 3.49. The minimum atomic E-state index is -0.528. The number of ketones is 1. The Morgan fingerprint density at radius 1 is 0.906 bits per heavy atom. The Kier molecular flexibility index (Phi) is 5.46. The van der Waals surface area contributed by atoms with Crippen molar-refractivity contribution < 1.29 is 14.3 Å². The van der Waals surface area contributed by atoms with Crippen LogP contribution >= 0.6 is 0 Å². The van der Waals surface area contributed by atoms with Gasteiger partial charge in [0.05, 0.1) is 17.3 Å². The Labute approximate surface area is 186 Å². The number of rotatable bonds is 5. The average molecular weight is 425 g/mol. The smallest absolute Gasteiger partial charge is 0.410 e. The maximum absolute atomic E-state index is 13.8. The molecule has 32 heavy (non-hydrogen) atoms. The molecular weight excluding hydrogens is 400 g/mol. The van der Waals surface area contributed by atoms with Gasteiger partial charge in [0, 0.05) is 17.4 Å². The Morgan fingerprint density at radius 3 is 2.38 bits per heavy atom. The molecule has 1 aromatic heterocycles. The van der Waals surface area contributed by atoms with Gasteiger partial charge in [0.1, 0.15) is 6.61 Å². The third-order valence-corrected chi connectivity index (χ3v) is 6.01. The molecule has 0 aliphatic carbocycles. The number of nitrogens with zero attached hydrogens (tertiary/aromatic N) is 1. The van der Waals surface area contributed by atoms with E-state index in [-0.39, 0.29) is 12.4 Å². The highest BCUT2D eigenvalue weighted by atomic mass is 16.6. The molecule has 1 aliphatic heterocycles. The quantitative estimate of drug-likeness (QED) is 0.411. The van der Waals surface area contributed by atoms with Gasteiger partial charge >= 0.3 is 6.09 Å². The molecule has 2 heterocycles. The van der Waals surface area contributed by atoms with E-state index in [0.29, 0.717) is 18.5 Å². The summed E-state index contributed by atoms with van der Waals surface area (Å²) in [6.07, 6.45) is 0.971. The first-order chi connectivity index (χ1) is 15.7. The molecule has 0 saturated carbocycles. The largest absolute Gasteiger partial charge is 0.445 e. The molecule has 1 atom stereocenters. The Bertz CT molecular complexity index is 1250. The van der Waals surface area contributed by atoms with Crippen molar-refractivity contribution in [1.29, 1.82) is 0 Å². The van der Waals surface area contributed by atoms with Crippen LogP contribution in [0.2, 0.25) is 0 Å². The maximum atomic E-state index is 13.8. The molecule has 1 saturated heterocycles. The number of aromatic nitrogens is 1. The lowest BCUT2D eigenvalue weighted by molar-refractivity contribution is 0.0739. The van der Waals surface area contributed by atoms with Crippen molar-refractivity contribution in [3.05, 3.63) is 96.1 Å². The number of hydrogen-bond donors (Lipinski definition) is 1. The van der Waals surface area contributed by atoms with E-state index in [4.69, 9.17) is 4.74 Å². The van der Waals surface area contributed by atoms with Gasteiger partial charge in [-0.15, -0.1) is 0 Å². The number of nitrogens with one attached hydrogen (secondary N) is 1. The van der Waals surface area contributed by atoms with Crippen molar-refractivity contribution >= 4 is 22.8 Å². The first-order valence-corrected chi connectivity index (χ1v) is 10.9. The van der Waals surface area contributed by atoms with Crippen molar-refractivity contribution in [2.75, 3.05) is 6.54 Å². The normalized spacial score (nSPS) is 15.8. The molecule has 0 radical (unpaired) electrons. The summed E-state index contributed by atoms with van der Waals surface area (Å²) in [7, 11) is 0. The summed E-state index contributed by atoms with van der Waals surface area (Å²) in [4.78, 5) is 31.7. The van der Waals surface area contributed by atoms with Gasteiger partial charge in [-0.2, -0.15) is 0 Å². The lowest BCUT2D eigenvalue weighted by atomic mass is 9.96. The predicted molar refractivity (Wildman–Crippen MR) is 124 cm³/mol. The number of H-pyrrole nitrogens is 1. The predicted octanol–water partition coefficient (Wildman–Crippen LogP) is 5.82. The molecule has 5 heteroatoms. The number of ether oxygens (including phenoxy) is 1. The van der Waals surface area contributed by atoms with Gasteiger partial charge in [0.2, 0.25) is 0 Å². The highest BCUT2D eigenvalue weighted by molar-refractivity contribution is 6.16. The summed E-state index contributed by atoms with van der Waals surface area (Å²) in [5.74, 6) is -0.0459. The Hall–Kier alpha value is -3.86. The van der Waals surface area contributed by atoms with Crippen molar-refractivity contribution in [2.24, 2.45) is 0 Å². The molecule has 0 bridgehead atoms. The second-order valence-electron chi connectivity index (χ2n) is 8.04. The van der Waals surface area contributed by atoms with E-state index in [0.717, 1.165) is 34.1 Å². The molecule has 1 unspecified atom stereocenters. The van der Waals surface area contributed by atoms with E-state index in [1.807, 2.05) is 84.9 Å². The van der Waals surface area contributed by atoms with Crippen molar-refractivity contribution in [2.45, 2.75) is 25.5 Å². The summed E-state index contributed by atoms with van der Waals surface area (Å²) in [6, 6.07) is 26.7.